The molecular weight excluding hydrogens is 445 g/mol. The number of aromatic nitrogens is 3. The Balaban J connectivity index is 1.62. The number of benzene rings is 2. The topological polar surface area (TPSA) is 69.0 Å². The van der Waals surface area contributed by atoms with E-state index in [1.807, 2.05) is 12.1 Å². The molecule has 2 heterocycles. The highest BCUT2D eigenvalue weighted by atomic mass is 19.4. The number of halogens is 3. The van der Waals surface area contributed by atoms with Crippen molar-refractivity contribution < 1.29 is 22.7 Å². The van der Waals surface area contributed by atoms with Gasteiger partial charge in [-0.15, -0.1) is 0 Å². The lowest BCUT2D eigenvalue weighted by Crippen LogP contribution is -2.15. The molecule has 2 aromatic heterocycles. The van der Waals surface area contributed by atoms with E-state index in [-0.39, 0.29) is 28.4 Å². The molecule has 4 rings (SSSR count). The monoisotopic (exact) mass is 468 g/mol. The Bertz CT molecular complexity index is 1300. The molecule has 34 heavy (non-hydrogen) atoms. The van der Waals surface area contributed by atoms with Crippen molar-refractivity contribution in [3.05, 3.63) is 77.7 Å². The quantitative estimate of drug-likeness (QED) is 0.359. The molecule has 1 N–H and O–H groups in total. The van der Waals surface area contributed by atoms with E-state index in [0.29, 0.717) is 17.9 Å². The Morgan fingerprint density at radius 1 is 1.06 bits per heavy atom. The molecule has 0 unspecified atom stereocenters. The Labute approximate surface area is 194 Å². The zero-order chi connectivity index (χ0) is 24.3. The fourth-order valence-electron chi connectivity index (χ4n) is 3.66. The van der Waals surface area contributed by atoms with Gasteiger partial charge in [0.15, 0.2) is 0 Å². The standard InChI is InChI=1S/C25H23F3N4O2/c1-3-5-16-6-8-17(9-7-16)23(33)31-22-13-10-18(15-29-22)32-21-12-11-19(34-4-2)14-20(21)30-24(32)25(26,27)28/h6-15H,3-5H2,1-2H3,(H,29,31,33). The molecule has 0 aliphatic carbocycles. The number of amides is 1. The summed E-state index contributed by atoms with van der Waals surface area (Å²) in [6.45, 7) is 4.26. The molecule has 0 bridgehead atoms. The number of ether oxygens (including phenoxy) is 1. The van der Waals surface area contributed by atoms with Gasteiger partial charge in [-0.25, -0.2) is 9.97 Å². The fourth-order valence-corrected chi connectivity index (χ4v) is 3.66. The number of anilines is 1. The second-order valence-corrected chi connectivity index (χ2v) is 7.65. The van der Waals surface area contributed by atoms with Crippen molar-refractivity contribution in [2.45, 2.75) is 32.9 Å². The van der Waals surface area contributed by atoms with Crippen LogP contribution in [0.4, 0.5) is 19.0 Å². The second kappa shape index (κ2) is 9.54. The van der Waals surface area contributed by atoms with E-state index in [0.717, 1.165) is 23.0 Å². The lowest BCUT2D eigenvalue weighted by molar-refractivity contribution is -0.145. The minimum absolute atomic E-state index is 0.155. The van der Waals surface area contributed by atoms with Crippen molar-refractivity contribution >= 4 is 22.8 Å². The SMILES string of the molecule is CCCc1ccc(C(=O)Nc2ccc(-n3c(C(F)(F)F)nc4cc(OCC)ccc43)cn2)cc1. The van der Waals surface area contributed by atoms with Gasteiger partial charge >= 0.3 is 6.18 Å². The number of hydrogen-bond donors (Lipinski definition) is 1. The maximum absolute atomic E-state index is 13.7. The highest BCUT2D eigenvalue weighted by molar-refractivity contribution is 6.03. The van der Waals surface area contributed by atoms with Crippen molar-refractivity contribution in [3.63, 3.8) is 0 Å². The van der Waals surface area contributed by atoms with Crippen molar-refractivity contribution in [1.82, 2.24) is 14.5 Å². The molecule has 4 aromatic rings. The number of hydrogen-bond acceptors (Lipinski definition) is 4. The lowest BCUT2D eigenvalue weighted by Gasteiger charge is -2.12. The van der Waals surface area contributed by atoms with E-state index in [4.69, 9.17) is 4.74 Å². The summed E-state index contributed by atoms with van der Waals surface area (Å²) in [5.41, 5.74) is 2.20. The van der Waals surface area contributed by atoms with E-state index in [1.165, 1.54) is 30.5 Å². The van der Waals surface area contributed by atoms with E-state index in [2.05, 4.69) is 22.2 Å². The molecule has 0 aliphatic rings. The Hall–Kier alpha value is -3.88. The average molecular weight is 468 g/mol. The summed E-state index contributed by atoms with van der Waals surface area (Å²) in [6.07, 6.45) is -1.47. The number of pyridine rings is 1. The van der Waals surface area contributed by atoms with Crippen LogP contribution in [0.25, 0.3) is 16.7 Å². The lowest BCUT2D eigenvalue weighted by atomic mass is 10.1. The first-order valence-electron chi connectivity index (χ1n) is 10.9. The van der Waals surface area contributed by atoms with Crippen molar-refractivity contribution in [1.29, 1.82) is 0 Å². The third-order valence-corrected chi connectivity index (χ3v) is 5.19. The van der Waals surface area contributed by atoms with Gasteiger partial charge in [0, 0.05) is 11.6 Å². The average Bonchev–Trinajstić information content (AvgIpc) is 3.20. The zero-order valence-corrected chi connectivity index (χ0v) is 18.7. The van der Waals surface area contributed by atoms with Crippen LogP contribution >= 0.6 is 0 Å². The van der Waals surface area contributed by atoms with E-state index in [9.17, 15) is 18.0 Å². The van der Waals surface area contributed by atoms with Crippen LogP contribution in [-0.4, -0.2) is 27.0 Å². The summed E-state index contributed by atoms with van der Waals surface area (Å²) < 4.78 is 47.6. The van der Waals surface area contributed by atoms with Crippen molar-refractivity contribution in [2.24, 2.45) is 0 Å². The molecule has 1 amide bonds. The maximum atomic E-state index is 13.7. The number of carbonyl (C=O) groups is 1. The number of alkyl halides is 3. The zero-order valence-electron chi connectivity index (χ0n) is 18.7. The Morgan fingerprint density at radius 3 is 2.44 bits per heavy atom. The minimum atomic E-state index is -4.68. The number of rotatable bonds is 7. The number of fused-ring (bicyclic) bond motifs is 1. The number of aryl methyl sites for hydroxylation is 1. The summed E-state index contributed by atoms with van der Waals surface area (Å²) in [5.74, 6) is -0.756. The van der Waals surface area contributed by atoms with Gasteiger partial charge in [0.2, 0.25) is 5.82 Å². The van der Waals surface area contributed by atoms with E-state index in [1.54, 1.807) is 25.1 Å². The number of nitrogens with one attached hydrogen (secondary N) is 1. The molecule has 176 valence electrons. The second-order valence-electron chi connectivity index (χ2n) is 7.65. The van der Waals surface area contributed by atoms with Gasteiger partial charge in [0.05, 0.1) is 29.5 Å². The Morgan fingerprint density at radius 2 is 1.82 bits per heavy atom. The predicted molar refractivity (Wildman–Crippen MR) is 123 cm³/mol. The number of imidazole rings is 1. The third-order valence-electron chi connectivity index (χ3n) is 5.19. The number of nitrogens with zero attached hydrogens (tertiary/aromatic N) is 3. The van der Waals surface area contributed by atoms with Gasteiger partial charge in [0.25, 0.3) is 5.91 Å². The van der Waals surface area contributed by atoms with Gasteiger partial charge in [-0.05, 0) is 55.3 Å². The predicted octanol–water partition coefficient (Wildman–Crippen LogP) is 6.04. The van der Waals surface area contributed by atoms with E-state index < -0.39 is 12.0 Å². The van der Waals surface area contributed by atoms with Crippen molar-refractivity contribution in [2.75, 3.05) is 11.9 Å². The van der Waals surface area contributed by atoms with Crippen LogP contribution in [0.1, 0.15) is 42.0 Å². The Kier molecular flexibility index (Phi) is 6.54. The van der Waals surface area contributed by atoms with Gasteiger partial charge in [-0.3, -0.25) is 9.36 Å². The summed E-state index contributed by atoms with van der Waals surface area (Å²) in [5, 5.41) is 2.67. The normalized spacial score (nSPS) is 11.6. The number of carbonyl (C=O) groups excluding carboxylic acids is 1. The molecule has 0 aliphatic heterocycles. The molecule has 0 fully saturated rings. The molecule has 6 nitrogen and oxygen atoms in total. The van der Waals surface area contributed by atoms with Gasteiger partial charge < -0.3 is 10.1 Å². The maximum Gasteiger partial charge on any atom is 0.450 e. The smallest absolute Gasteiger partial charge is 0.450 e. The highest BCUT2D eigenvalue weighted by Crippen LogP contribution is 2.34. The molecule has 0 saturated heterocycles. The molecular formula is C25H23F3N4O2. The summed E-state index contributed by atoms with van der Waals surface area (Å²) >= 11 is 0. The largest absolute Gasteiger partial charge is 0.494 e. The van der Waals surface area contributed by atoms with Crippen LogP contribution in [0, 0.1) is 0 Å². The van der Waals surface area contributed by atoms with Crippen LogP contribution in [0.2, 0.25) is 0 Å². The van der Waals surface area contributed by atoms with Gasteiger partial charge in [-0.1, -0.05) is 25.5 Å². The van der Waals surface area contributed by atoms with Crippen LogP contribution in [0.5, 0.6) is 5.75 Å². The summed E-state index contributed by atoms with van der Waals surface area (Å²) in [4.78, 5) is 20.5. The molecule has 0 radical (unpaired) electrons. The first-order valence-corrected chi connectivity index (χ1v) is 10.9. The highest BCUT2D eigenvalue weighted by Gasteiger charge is 2.38. The minimum Gasteiger partial charge on any atom is -0.494 e. The first-order chi connectivity index (χ1) is 16.3. The van der Waals surface area contributed by atoms with Crippen LogP contribution in [-0.2, 0) is 12.6 Å². The van der Waals surface area contributed by atoms with Crippen LogP contribution in [0.15, 0.2) is 60.8 Å². The molecule has 9 heteroatoms. The van der Waals surface area contributed by atoms with E-state index >= 15 is 0 Å². The van der Waals surface area contributed by atoms with Gasteiger partial charge in [-0.2, -0.15) is 13.2 Å². The summed E-state index contributed by atoms with van der Waals surface area (Å²) in [7, 11) is 0. The van der Waals surface area contributed by atoms with Crippen LogP contribution in [0.3, 0.4) is 0 Å². The van der Waals surface area contributed by atoms with Gasteiger partial charge in [0.1, 0.15) is 11.6 Å². The third kappa shape index (κ3) is 4.88. The molecule has 0 spiro atoms. The van der Waals surface area contributed by atoms with Crippen LogP contribution < -0.4 is 10.1 Å². The summed E-state index contributed by atoms with van der Waals surface area (Å²) in [6, 6.07) is 14.8. The van der Waals surface area contributed by atoms with Crippen molar-refractivity contribution in [3.8, 4) is 11.4 Å². The molecule has 0 atom stereocenters. The molecule has 0 saturated carbocycles. The molecule has 2 aromatic carbocycles. The fraction of sp³-hybridized carbons (Fsp3) is 0.240. The first kappa shape index (κ1) is 23.3.